The lowest BCUT2D eigenvalue weighted by molar-refractivity contribution is -0.136. The second-order valence-corrected chi connectivity index (χ2v) is 5.33. The number of ketones is 1. The lowest BCUT2D eigenvalue weighted by Gasteiger charge is -2.06. The molecule has 1 aromatic carbocycles. The fourth-order valence-electron chi connectivity index (χ4n) is 1.95. The van der Waals surface area contributed by atoms with Crippen molar-refractivity contribution >= 4 is 38.8 Å². The maximum absolute atomic E-state index is 12.0. The first-order chi connectivity index (χ1) is 9.43. The largest absolute Gasteiger partial charge is 0.481 e. The summed E-state index contributed by atoms with van der Waals surface area (Å²) in [6.07, 6.45) is -0.309. The highest BCUT2D eigenvalue weighted by molar-refractivity contribution is 9.10. The van der Waals surface area contributed by atoms with Crippen molar-refractivity contribution in [1.29, 1.82) is 0 Å². The van der Waals surface area contributed by atoms with Crippen LogP contribution in [0, 0.1) is 0 Å². The van der Waals surface area contributed by atoms with Crippen molar-refractivity contribution in [2.24, 2.45) is 0 Å². The number of rotatable bonds is 5. The Labute approximate surface area is 122 Å². The molecule has 0 aliphatic heterocycles. The van der Waals surface area contributed by atoms with Gasteiger partial charge in [0.1, 0.15) is 0 Å². The molecule has 1 N–H and O–H groups in total. The average Bonchev–Trinajstić information content (AvgIpc) is 2.71. The molecular formula is C13H12BrNO5. The van der Waals surface area contributed by atoms with Crippen molar-refractivity contribution in [2.45, 2.75) is 24.7 Å². The van der Waals surface area contributed by atoms with E-state index in [4.69, 9.17) is 9.52 Å². The number of hydrogen-bond acceptors (Lipinski definition) is 4. The third-order valence-electron chi connectivity index (χ3n) is 2.91. The first kappa shape index (κ1) is 14.5. The third kappa shape index (κ3) is 2.67. The van der Waals surface area contributed by atoms with Crippen molar-refractivity contribution in [1.82, 2.24) is 4.57 Å². The van der Waals surface area contributed by atoms with Crippen molar-refractivity contribution < 1.29 is 19.1 Å². The van der Waals surface area contributed by atoms with Crippen LogP contribution in [0.4, 0.5) is 0 Å². The Balaban J connectivity index is 2.39. The highest BCUT2D eigenvalue weighted by Crippen LogP contribution is 2.19. The summed E-state index contributed by atoms with van der Waals surface area (Å²) in [5.41, 5.74) is 1.23. The monoisotopic (exact) mass is 341 g/mol. The molecule has 2 aromatic rings. The van der Waals surface area contributed by atoms with Gasteiger partial charge in [0.2, 0.25) is 0 Å². The van der Waals surface area contributed by atoms with Crippen LogP contribution in [0.5, 0.6) is 0 Å². The average molecular weight is 342 g/mol. The summed E-state index contributed by atoms with van der Waals surface area (Å²) < 4.78 is 6.52. The zero-order chi connectivity index (χ0) is 14.9. The zero-order valence-corrected chi connectivity index (χ0v) is 12.2. The predicted molar refractivity (Wildman–Crippen MR) is 75.4 cm³/mol. The Kier molecular flexibility index (Phi) is 4.08. The number of nitrogens with zero attached hydrogens (tertiary/aromatic N) is 1. The molecule has 0 bridgehead atoms. The normalized spacial score (nSPS) is 12.5. The van der Waals surface area contributed by atoms with Crippen LogP contribution in [0.3, 0.4) is 0 Å². The van der Waals surface area contributed by atoms with E-state index in [-0.39, 0.29) is 12.2 Å². The van der Waals surface area contributed by atoms with Crippen LogP contribution >= 0.6 is 15.9 Å². The number of aliphatic carboxylic acids is 1. The van der Waals surface area contributed by atoms with Gasteiger partial charge in [-0.1, -0.05) is 15.9 Å². The van der Waals surface area contributed by atoms with E-state index >= 15 is 0 Å². The molecule has 1 heterocycles. The summed E-state index contributed by atoms with van der Waals surface area (Å²) in [5, 5.41) is 8.68. The molecule has 0 fully saturated rings. The molecule has 1 atom stereocenters. The minimum Gasteiger partial charge on any atom is -0.481 e. The number of oxazole rings is 1. The molecule has 106 valence electrons. The summed E-state index contributed by atoms with van der Waals surface area (Å²) in [6.45, 7) is 2.29. The molecule has 2 rings (SSSR count). The van der Waals surface area contributed by atoms with Gasteiger partial charge in [-0.2, -0.15) is 0 Å². The number of Topliss-reactive ketones (excluding diaryl/α,β-unsaturated/α-hetero) is 1. The van der Waals surface area contributed by atoms with Crippen LogP contribution in [0.2, 0.25) is 0 Å². The van der Waals surface area contributed by atoms with Gasteiger partial charge in [-0.05, 0) is 25.1 Å². The van der Waals surface area contributed by atoms with E-state index in [1.807, 2.05) is 6.92 Å². The Hall–Kier alpha value is -1.89. The van der Waals surface area contributed by atoms with E-state index in [9.17, 15) is 14.4 Å². The predicted octanol–water partition coefficient (Wildman–Crippen LogP) is 2.04. The van der Waals surface area contributed by atoms with E-state index in [1.165, 1.54) is 10.6 Å². The number of carboxylic acids is 1. The number of benzene rings is 1. The van der Waals surface area contributed by atoms with Gasteiger partial charge >= 0.3 is 11.7 Å². The molecular weight excluding hydrogens is 330 g/mol. The second-order valence-electron chi connectivity index (χ2n) is 4.22. The van der Waals surface area contributed by atoms with Crippen LogP contribution in [-0.2, 0) is 11.3 Å². The van der Waals surface area contributed by atoms with E-state index in [2.05, 4.69) is 15.9 Å². The number of alkyl halides is 1. The molecule has 0 spiro atoms. The molecule has 0 radical (unpaired) electrons. The Morgan fingerprint density at radius 3 is 2.75 bits per heavy atom. The standard InChI is InChI=1S/C13H12BrNO5/c1-2-15-9-4-3-7(5-10(9)20-13(15)19)12(18)8(14)6-11(16)17/h3-5,8H,2,6H2,1H3,(H,16,17). The fourth-order valence-corrected chi connectivity index (χ4v) is 2.49. The van der Waals surface area contributed by atoms with Crippen LogP contribution in [0.15, 0.2) is 27.4 Å². The zero-order valence-electron chi connectivity index (χ0n) is 10.6. The van der Waals surface area contributed by atoms with Gasteiger partial charge in [0.25, 0.3) is 0 Å². The summed E-state index contributed by atoms with van der Waals surface area (Å²) in [4.78, 5) is 33.4. The number of carboxylic acid groups (broad SMARTS) is 1. The summed E-state index contributed by atoms with van der Waals surface area (Å²) in [6, 6.07) is 4.64. The van der Waals surface area contributed by atoms with E-state index in [1.54, 1.807) is 12.1 Å². The van der Waals surface area contributed by atoms with Crippen LogP contribution in [-0.4, -0.2) is 26.3 Å². The highest BCUT2D eigenvalue weighted by Gasteiger charge is 2.21. The minimum atomic E-state index is -1.06. The maximum Gasteiger partial charge on any atom is 0.419 e. The number of aromatic nitrogens is 1. The Bertz CT molecular complexity index is 730. The first-order valence-corrected chi connectivity index (χ1v) is 6.89. The van der Waals surface area contributed by atoms with Crippen molar-refractivity contribution in [2.75, 3.05) is 0 Å². The van der Waals surface area contributed by atoms with E-state index < -0.39 is 16.6 Å². The van der Waals surface area contributed by atoms with E-state index in [0.717, 1.165) is 0 Å². The fraction of sp³-hybridized carbons (Fsp3) is 0.308. The molecule has 0 amide bonds. The molecule has 1 unspecified atom stereocenters. The SMILES string of the molecule is CCn1c(=O)oc2cc(C(=O)C(Br)CC(=O)O)ccc21. The van der Waals surface area contributed by atoms with Gasteiger partial charge in [0.15, 0.2) is 11.4 Å². The number of hydrogen-bond donors (Lipinski definition) is 1. The molecule has 0 aliphatic rings. The lowest BCUT2D eigenvalue weighted by atomic mass is 10.1. The topological polar surface area (TPSA) is 89.5 Å². The molecule has 6 nitrogen and oxygen atoms in total. The minimum absolute atomic E-state index is 0.303. The highest BCUT2D eigenvalue weighted by atomic mass is 79.9. The molecule has 1 aromatic heterocycles. The van der Waals surface area contributed by atoms with Gasteiger partial charge in [-0.3, -0.25) is 14.2 Å². The Morgan fingerprint density at radius 1 is 1.45 bits per heavy atom. The molecule has 0 aliphatic carbocycles. The van der Waals surface area contributed by atoms with Gasteiger partial charge in [-0.25, -0.2) is 4.79 Å². The smallest absolute Gasteiger partial charge is 0.419 e. The number of halogens is 1. The van der Waals surface area contributed by atoms with Crippen LogP contribution < -0.4 is 5.76 Å². The number of aryl methyl sites for hydroxylation is 1. The molecule has 7 heteroatoms. The van der Waals surface area contributed by atoms with Gasteiger partial charge in [0, 0.05) is 12.1 Å². The summed E-state index contributed by atoms with van der Waals surface area (Å²) >= 11 is 3.05. The third-order valence-corrected chi connectivity index (χ3v) is 3.65. The molecule has 20 heavy (non-hydrogen) atoms. The van der Waals surface area contributed by atoms with Gasteiger partial charge in [0.05, 0.1) is 16.8 Å². The Morgan fingerprint density at radius 2 is 2.15 bits per heavy atom. The first-order valence-electron chi connectivity index (χ1n) is 5.97. The molecule has 0 saturated carbocycles. The number of carbonyl (C=O) groups is 2. The lowest BCUT2D eigenvalue weighted by Crippen LogP contribution is -2.18. The van der Waals surface area contributed by atoms with E-state index in [0.29, 0.717) is 23.2 Å². The van der Waals surface area contributed by atoms with Crippen molar-refractivity contribution in [3.8, 4) is 0 Å². The maximum atomic E-state index is 12.0. The van der Waals surface area contributed by atoms with Crippen LogP contribution in [0.25, 0.3) is 11.1 Å². The van der Waals surface area contributed by atoms with Crippen LogP contribution in [0.1, 0.15) is 23.7 Å². The van der Waals surface area contributed by atoms with Gasteiger partial charge < -0.3 is 9.52 Å². The van der Waals surface area contributed by atoms with Crippen molar-refractivity contribution in [3.05, 3.63) is 34.3 Å². The number of fused-ring (bicyclic) bond motifs is 1. The summed E-state index contributed by atoms with van der Waals surface area (Å²) in [7, 11) is 0. The quantitative estimate of drug-likeness (QED) is 0.663. The van der Waals surface area contributed by atoms with Crippen molar-refractivity contribution in [3.63, 3.8) is 0 Å². The van der Waals surface area contributed by atoms with Gasteiger partial charge in [-0.15, -0.1) is 0 Å². The number of carbonyl (C=O) groups excluding carboxylic acids is 1. The molecule has 0 saturated heterocycles. The summed E-state index contributed by atoms with van der Waals surface area (Å²) in [5.74, 6) is -1.90. The second kappa shape index (κ2) is 5.62.